The predicted octanol–water partition coefficient (Wildman–Crippen LogP) is -0.122. The lowest BCUT2D eigenvalue weighted by atomic mass is 10.1. The molecule has 0 atom stereocenters. The van der Waals surface area contributed by atoms with E-state index in [1.165, 1.54) is 51.6 Å². The van der Waals surface area contributed by atoms with E-state index in [4.69, 9.17) is 0 Å². The van der Waals surface area contributed by atoms with E-state index in [1.807, 2.05) is 0 Å². The van der Waals surface area contributed by atoms with E-state index in [-0.39, 0.29) is 0 Å². The molecule has 1 saturated heterocycles. The molecule has 0 aromatic heterocycles. The summed E-state index contributed by atoms with van der Waals surface area (Å²) < 4.78 is 0. The molecule has 1 aliphatic heterocycles. The van der Waals surface area contributed by atoms with Gasteiger partial charge in [-0.3, -0.25) is 0 Å². The Bertz CT molecular complexity index is 130. The third-order valence-electron chi connectivity index (χ3n) is 4.35. The first-order chi connectivity index (χ1) is 12.0. The van der Waals surface area contributed by atoms with E-state index < -0.39 is 0 Å². The van der Waals surface area contributed by atoms with Crippen molar-refractivity contribution in [1.29, 1.82) is 0 Å². The topological polar surface area (TPSA) is 72.2 Å². The molecule has 0 amide bonds. The number of nitrogens with one attached hydrogen (secondary N) is 6. The van der Waals surface area contributed by atoms with Crippen LogP contribution in [0.25, 0.3) is 0 Å². The fraction of sp³-hybridized carbons (Fsp3) is 1.00. The second-order valence-corrected chi connectivity index (χ2v) is 6.62. The van der Waals surface area contributed by atoms with Crippen molar-refractivity contribution in [2.75, 3.05) is 78.5 Å². The van der Waals surface area contributed by atoms with E-state index in [2.05, 4.69) is 31.9 Å². The fourth-order valence-electron chi connectivity index (χ4n) is 2.84. The molecule has 0 aromatic rings. The first kappa shape index (κ1) is 21.8. The van der Waals surface area contributed by atoms with Gasteiger partial charge < -0.3 is 31.9 Å². The first-order valence-corrected chi connectivity index (χ1v) is 10.2. The average Bonchev–Trinajstić information content (AvgIpc) is 2.59. The molecular weight excluding hydrogens is 300 g/mol. The lowest BCUT2D eigenvalue weighted by Crippen LogP contribution is -2.37. The molecule has 6 N–H and O–H groups in total. The van der Waals surface area contributed by atoms with Gasteiger partial charge >= 0.3 is 0 Å². The van der Waals surface area contributed by atoms with Crippen molar-refractivity contribution in [3.63, 3.8) is 0 Å². The number of hydrogen-bond acceptors (Lipinski definition) is 6. The van der Waals surface area contributed by atoms with Gasteiger partial charge in [0, 0.05) is 65.4 Å². The van der Waals surface area contributed by atoms with Crippen LogP contribution in [0.1, 0.15) is 38.5 Å². The van der Waals surface area contributed by atoms with Crippen molar-refractivity contribution in [2.45, 2.75) is 38.5 Å². The third-order valence-corrected chi connectivity index (χ3v) is 4.35. The van der Waals surface area contributed by atoms with Crippen LogP contribution in [0.2, 0.25) is 0 Å². The maximum absolute atomic E-state index is 3.53. The molecule has 1 heterocycles. The van der Waals surface area contributed by atoms with Gasteiger partial charge in [-0.1, -0.05) is 25.7 Å². The summed E-state index contributed by atoms with van der Waals surface area (Å²) in [5.41, 5.74) is 0. The molecule has 1 rings (SSSR count). The van der Waals surface area contributed by atoms with Gasteiger partial charge in [-0.25, -0.2) is 0 Å². The van der Waals surface area contributed by atoms with Crippen LogP contribution in [-0.4, -0.2) is 78.5 Å². The van der Waals surface area contributed by atoms with Gasteiger partial charge in [0.25, 0.3) is 0 Å². The van der Waals surface area contributed by atoms with Crippen molar-refractivity contribution >= 4 is 0 Å². The van der Waals surface area contributed by atoms with E-state index in [1.54, 1.807) is 0 Å². The van der Waals surface area contributed by atoms with E-state index in [0.717, 1.165) is 65.4 Å². The molecule has 0 radical (unpaired) electrons. The van der Waals surface area contributed by atoms with Crippen LogP contribution in [0.4, 0.5) is 0 Å². The van der Waals surface area contributed by atoms with Crippen LogP contribution in [0.3, 0.4) is 0 Å². The van der Waals surface area contributed by atoms with Crippen LogP contribution < -0.4 is 31.9 Å². The Morgan fingerprint density at radius 3 is 0.708 bits per heavy atom. The van der Waals surface area contributed by atoms with Crippen LogP contribution in [-0.2, 0) is 0 Å². The van der Waals surface area contributed by atoms with Gasteiger partial charge in [0.05, 0.1) is 0 Å². The van der Waals surface area contributed by atoms with E-state index in [0.29, 0.717) is 0 Å². The summed E-state index contributed by atoms with van der Waals surface area (Å²) in [7, 11) is 0. The summed E-state index contributed by atoms with van der Waals surface area (Å²) in [6.45, 7) is 12.9. The number of rotatable bonds is 0. The van der Waals surface area contributed by atoms with Crippen LogP contribution >= 0.6 is 0 Å². The Labute approximate surface area is 149 Å². The molecule has 6 heteroatoms. The van der Waals surface area contributed by atoms with Crippen LogP contribution in [0, 0.1) is 0 Å². The summed E-state index contributed by atoms with van der Waals surface area (Å²) in [5.74, 6) is 0. The van der Waals surface area contributed by atoms with Crippen molar-refractivity contribution in [2.24, 2.45) is 0 Å². The van der Waals surface area contributed by atoms with Gasteiger partial charge in [-0.2, -0.15) is 0 Å². The van der Waals surface area contributed by atoms with Gasteiger partial charge in [-0.15, -0.1) is 0 Å². The highest BCUT2D eigenvalue weighted by Crippen LogP contribution is 2.04. The van der Waals surface area contributed by atoms with Crippen molar-refractivity contribution in [3.8, 4) is 0 Å². The summed E-state index contributed by atoms with van der Waals surface area (Å²) in [4.78, 5) is 0. The third kappa shape index (κ3) is 16.6. The van der Waals surface area contributed by atoms with Gasteiger partial charge in [-0.05, 0) is 25.9 Å². The minimum atomic E-state index is 1.04. The Hall–Kier alpha value is -0.240. The normalized spacial score (nSPS) is 24.0. The SMILES string of the molecule is C1CCCCNCCNCCNCCNCCNCCNCCC1. The Kier molecular flexibility index (Phi) is 17.3. The summed E-state index contributed by atoms with van der Waals surface area (Å²) in [6.07, 6.45) is 8.16. The minimum absolute atomic E-state index is 1.04. The number of hydrogen-bond donors (Lipinski definition) is 6. The van der Waals surface area contributed by atoms with Crippen LogP contribution in [0.15, 0.2) is 0 Å². The second kappa shape index (κ2) is 19.1. The molecule has 1 fully saturated rings. The molecule has 0 unspecified atom stereocenters. The monoisotopic (exact) mass is 342 g/mol. The maximum Gasteiger partial charge on any atom is 0.00772 e. The lowest BCUT2D eigenvalue weighted by Gasteiger charge is -2.10. The zero-order valence-corrected chi connectivity index (χ0v) is 15.7. The minimum Gasteiger partial charge on any atom is -0.315 e. The van der Waals surface area contributed by atoms with E-state index >= 15 is 0 Å². The summed E-state index contributed by atoms with van der Waals surface area (Å²) in [5, 5.41) is 20.9. The molecule has 0 aromatic carbocycles. The maximum atomic E-state index is 3.53. The highest BCUT2D eigenvalue weighted by molar-refractivity contribution is 4.59. The zero-order chi connectivity index (χ0) is 17.0. The molecular formula is C18H42N6. The highest BCUT2D eigenvalue weighted by atomic mass is 15.0. The Morgan fingerprint density at radius 1 is 0.208 bits per heavy atom. The van der Waals surface area contributed by atoms with Crippen LogP contribution in [0.5, 0.6) is 0 Å². The summed E-state index contributed by atoms with van der Waals surface area (Å²) in [6, 6.07) is 0. The lowest BCUT2D eigenvalue weighted by molar-refractivity contribution is 0.526. The quantitative estimate of drug-likeness (QED) is 0.369. The molecule has 6 nitrogen and oxygen atoms in total. The Morgan fingerprint density at radius 2 is 0.417 bits per heavy atom. The summed E-state index contributed by atoms with van der Waals surface area (Å²) >= 11 is 0. The van der Waals surface area contributed by atoms with Gasteiger partial charge in [0.15, 0.2) is 0 Å². The van der Waals surface area contributed by atoms with Gasteiger partial charge in [0.2, 0.25) is 0 Å². The first-order valence-electron chi connectivity index (χ1n) is 10.2. The molecule has 0 spiro atoms. The van der Waals surface area contributed by atoms with Crippen molar-refractivity contribution < 1.29 is 0 Å². The highest BCUT2D eigenvalue weighted by Gasteiger charge is 1.94. The molecule has 0 bridgehead atoms. The average molecular weight is 343 g/mol. The van der Waals surface area contributed by atoms with Crippen molar-refractivity contribution in [3.05, 3.63) is 0 Å². The molecule has 0 aliphatic carbocycles. The van der Waals surface area contributed by atoms with E-state index in [9.17, 15) is 0 Å². The molecule has 0 saturated carbocycles. The second-order valence-electron chi connectivity index (χ2n) is 6.62. The largest absolute Gasteiger partial charge is 0.315 e. The van der Waals surface area contributed by atoms with Crippen molar-refractivity contribution in [1.82, 2.24) is 31.9 Å². The predicted molar refractivity (Wildman–Crippen MR) is 105 cm³/mol. The fourth-order valence-corrected chi connectivity index (χ4v) is 2.84. The Balaban J connectivity index is 2.00. The standard InChI is InChI=1S/C18H42N6/c1-2-4-6-8-20-10-12-22-14-16-24-18-17-23-15-13-21-11-9-19-7-5-3-1/h19-24H,1-18H2. The molecule has 24 heavy (non-hydrogen) atoms. The van der Waals surface area contributed by atoms with Gasteiger partial charge in [0.1, 0.15) is 0 Å². The molecule has 1 aliphatic rings. The molecule has 144 valence electrons. The zero-order valence-electron chi connectivity index (χ0n) is 15.7. The smallest absolute Gasteiger partial charge is 0.00772 e.